The molecule has 0 unspecified atom stereocenters. The fourth-order valence-electron chi connectivity index (χ4n) is 2.54. The van der Waals surface area contributed by atoms with E-state index in [4.69, 9.17) is 11.6 Å². The maximum atomic E-state index is 13.6. The van der Waals surface area contributed by atoms with Crippen LogP contribution in [0.5, 0.6) is 0 Å². The predicted octanol–water partition coefficient (Wildman–Crippen LogP) is 4.29. The number of sulfonamides is 1. The smallest absolute Gasteiger partial charge is 0.264 e. The maximum absolute atomic E-state index is 13.6. The van der Waals surface area contributed by atoms with Gasteiger partial charge in [-0.1, -0.05) is 53.7 Å². The number of thioether (sulfide) groups is 1. The van der Waals surface area contributed by atoms with Gasteiger partial charge in [0, 0.05) is 17.9 Å². The van der Waals surface area contributed by atoms with Crippen LogP contribution < -0.4 is 10.0 Å². The van der Waals surface area contributed by atoms with Crippen LogP contribution in [0.3, 0.4) is 0 Å². The number of nitrogens with zero attached hydrogens (tertiary/aromatic N) is 2. The number of hydrogen-bond donors (Lipinski definition) is 3. The molecule has 0 aliphatic carbocycles. The molecule has 1 aromatic heterocycles. The highest BCUT2D eigenvalue weighted by atomic mass is 35.5. The summed E-state index contributed by atoms with van der Waals surface area (Å²) in [7, 11) is -4.38. The first-order chi connectivity index (χ1) is 15.2. The third-order valence-electron chi connectivity index (χ3n) is 4.09. The van der Waals surface area contributed by atoms with Gasteiger partial charge in [0.05, 0.1) is 11.6 Å². The molecular weight excluding hydrogens is 482 g/mol. The second-order valence-electron chi connectivity index (χ2n) is 6.73. The zero-order chi connectivity index (χ0) is 23.3. The molecule has 0 saturated carbocycles. The van der Waals surface area contributed by atoms with Crippen LogP contribution in [-0.4, -0.2) is 36.1 Å². The normalized spacial score (nSPS) is 12.4. The minimum absolute atomic E-state index is 0.107. The van der Waals surface area contributed by atoms with E-state index in [0.29, 0.717) is 17.9 Å². The van der Waals surface area contributed by atoms with Gasteiger partial charge in [-0.2, -0.15) is 0 Å². The molecule has 3 aromatic rings. The van der Waals surface area contributed by atoms with Crippen molar-refractivity contribution in [1.82, 2.24) is 9.97 Å². The summed E-state index contributed by atoms with van der Waals surface area (Å²) < 4.78 is 54.7. The number of aliphatic hydroxyl groups is 1. The number of nitrogens with one attached hydrogen (secondary N) is 2. The minimum Gasteiger partial charge on any atom is -0.394 e. The Hall–Kier alpha value is -2.47. The molecule has 0 bridgehead atoms. The van der Waals surface area contributed by atoms with Crippen LogP contribution >= 0.6 is 23.4 Å². The van der Waals surface area contributed by atoms with E-state index < -0.39 is 31.6 Å². The van der Waals surface area contributed by atoms with Crippen molar-refractivity contribution in [3.05, 3.63) is 70.8 Å². The number of rotatable bonds is 9. The second kappa shape index (κ2) is 10.4. The predicted molar refractivity (Wildman–Crippen MR) is 120 cm³/mol. The lowest BCUT2D eigenvalue weighted by Gasteiger charge is -2.15. The lowest BCUT2D eigenvalue weighted by molar-refractivity contribution is 0.281. The highest BCUT2D eigenvalue weighted by Crippen LogP contribution is 2.28. The Morgan fingerprint density at radius 3 is 2.44 bits per heavy atom. The van der Waals surface area contributed by atoms with E-state index in [0.717, 1.165) is 5.56 Å². The number of aromatic nitrogens is 2. The molecule has 170 valence electrons. The van der Waals surface area contributed by atoms with Crippen LogP contribution in [0.15, 0.2) is 58.6 Å². The molecule has 1 heterocycles. The standard InChI is InChI=1S/C20H19ClF2N4O3S2/c1-12(10-28)24-18-9-19(26-20(25-18)31-11-13-5-3-2-4-6-13)27-32(29,30)17-8-16(23)15(22)7-14(17)21/h2-9,12,28H,10-11H2,1H3,(H2,24,25,26,27)/t12-/m1/s1. The molecule has 0 amide bonds. The van der Waals surface area contributed by atoms with Crippen LogP contribution in [0.1, 0.15) is 12.5 Å². The van der Waals surface area contributed by atoms with Gasteiger partial charge in [-0.15, -0.1) is 0 Å². The second-order valence-corrected chi connectivity index (χ2v) is 9.73. The fourth-order valence-corrected chi connectivity index (χ4v) is 4.87. The van der Waals surface area contributed by atoms with Crippen LogP contribution in [-0.2, 0) is 15.8 Å². The van der Waals surface area contributed by atoms with Crippen molar-refractivity contribution in [2.45, 2.75) is 28.8 Å². The lowest BCUT2D eigenvalue weighted by Crippen LogP contribution is -2.21. The summed E-state index contributed by atoms with van der Waals surface area (Å²) in [5.41, 5.74) is 1.01. The molecule has 0 spiro atoms. The summed E-state index contributed by atoms with van der Waals surface area (Å²) >= 11 is 7.09. The van der Waals surface area contributed by atoms with Crippen molar-refractivity contribution in [3.63, 3.8) is 0 Å². The van der Waals surface area contributed by atoms with Crippen LogP contribution in [0.4, 0.5) is 20.4 Å². The van der Waals surface area contributed by atoms with E-state index >= 15 is 0 Å². The Morgan fingerprint density at radius 1 is 1.09 bits per heavy atom. The molecule has 0 saturated heterocycles. The molecule has 1 atom stereocenters. The number of aliphatic hydroxyl groups excluding tert-OH is 1. The monoisotopic (exact) mass is 500 g/mol. The summed E-state index contributed by atoms with van der Waals surface area (Å²) in [6.45, 7) is 1.53. The minimum atomic E-state index is -4.38. The third-order valence-corrected chi connectivity index (χ3v) is 6.83. The largest absolute Gasteiger partial charge is 0.394 e. The van der Waals surface area contributed by atoms with Gasteiger partial charge in [0.25, 0.3) is 10.0 Å². The quantitative estimate of drug-likeness (QED) is 0.229. The van der Waals surface area contributed by atoms with Crippen molar-refractivity contribution in [2.75, 3.05) is 16.6 Å². The Balaban J connectivity index is 1.91. The first-order valence-corrected chi connectivity index (χ1v) is 12.1. The molecular formula is C20H19ClF2N4O3S2. The number of halogens is 3. The Bertz CT molecular complexity index is 1200. The Kier molecular flexibility index (Phi) is 7.88. The van der Waals surface area contributed by atoms with Gasteiger partial charge in [0.1, 0.15) is 16.5 Å². The Labute approximate surface area is 193 Å². The van der Waals surface area contributed by atoms with Crippen molar-refractivity contribution in [2.24, 2.45) is 0 Å². The fraction of sp³-hybridized carbons (Fsp3) is 0.200. The highest BCUT2D eigenvalue weighted by Gasteiger charge is 2.22. The van der Waals surface area contributed by atoms with Crippen molar-refractivity contribution in [1.29, 1.82) is 0 Å². The van der Waals surface area contributed by atoms with Crippen LogP contribution in [0.25, 0.3) is 0 Å². The summed E-state index contributed by atoms with van der Waals surface area (Å²) in [6, 6.07) is 11.6. The summed E-state index contributed by atoms with van der Waals surface area (Å²) in [6.07, 6.45) is 0. The SMILES string of the molecule is C[C@H](CO)Nc1cc(NS(=O)(=O)c2cc(F)c(F)cc2Cl)nc(SCc2ccccc2)n1. The molecule has 3 rings (SSSR count). The first-order valence-electron chi connectivity index (χ1n) is 9.28. The van der Waals surface area contributed by atoms with Crippen molar-refractivity contribution < 1.29 is 22.3 Å². The molecule has 12 heteroatoms. The summed E-state index contributed by atoms with van der Waals surface area (Å²) in [5.74, 6) is -1.92. The molecule has 32 heavy (non-hydrogen) atoms. The van der Waals surface area contributed by atoms with Gasteiger partial charge >= 0.3 is 0 Å². The average molecular weight is 501 g/mol. The molecule has 2 aromatic carbocycles. The molecule has 0 aliphatic rings. The van der Waals surface area contributed by atoms with Crippen LogP contribution in [0.2, 0.25) is 5.02 Å². The Morgan fingerprint density at radius 2 is 1.75 bits per heavy atom. The van der Waals surface area contributed by atoms with Gasteiger partial charge in [-0.3, -0.25) is 4.72 Å². The molecule has 0 aliphatic heterocycles. The van der Waals surface area contributed by atoms with E-state index in [2.05, 4.69) is 20.0 Å². The number of hydrogen-bond acceptors (Lipinski definition) is 7. The van der Waals surface area contributed by atoms with Gasteiger partial charge < -0.3 is 10.4 Å². The van der Waals surface area contributed by atoms with Gasteiger partial charge in [-0.25, -0.2) is 27.2 Å². The number of benzene rings is 2. The maximum Gasteiger partial charge on any atom is 0.264 e. The van der Waals surface area contributed by atoms with Gasteiger partial charge in [0.15, 0.2) is 16.8 Å². The molecule has 7 nitrogen and oxygen atoms in total. The van der Waals surface area contributed by atoms with Gasteiger partial charge in [0.2, 0.25) is 0 Å². The lowest BCUT2D eigenvalue weighted by atomic mass is 10.2. The third kappa shape index (κ3) is 6.28. The highest BCUT2D eigenvalue weighted by molar-refractivity contribution is 7.98. The van der Waals surface area contributed by atoms with E-state index in [1.54, 1.807) is 6.92 Å². The summed E-state index contributed by atoms with van der Waals surface area (Å²) in [5, 5.41) is 12.0. The van der Waals surface area contributed by atoms with E-state index in [-0.39, 0.29) is 29.4 Å². The van der Waals surface area contributed by atoms with E-state index in [1.807, 2.05) is 30.3 Å². The zero-order valence-corrected chi connectivity index (χ0v) is 19.1. The average Bonchev–Trinajstić information content (AvgIpc) is 2.75. The van der Waals surface area contributed by atoms with Gasteiger partial charge in [-0.05, 0) is 24.6 Å². The molecule has 3 N–H and O–H groups in total. The topological polar surface area (TPSA) is 104 Å². The van der Waals surface area contributed by atoms with E-state index in [9.17, 15) is 22.3 Å². The summed E-state index contributed by atoms with van der Waals surface area (Å²) in [4.78, 5) is 7.92. The van der Waals surface area contributed by atoms with E-state index in [1.165, 1.54) is 17.8 Å². The molecule has 0 radical (unpaired) electrons. The zero-order valence-electron chi connectivity index (χ0n) is 16.7. The van der Waals surface area contributed by atoms with Crippen molar-refractivity contribution >= 4 is 45.0 Å². The first kappa shape index (κ1) is 24.2. The van der Waals surface area contributed by atoms with Crippen molar-refractivity contribution in [3.8, 4) is 0 Å². The number of anilines is 2. The van der Waals surface area contributed by atoms with Crippen LogP contribution in [0, 0.1) is 11.6 Å². The molecule has 0 fully saturated rings.